The Morgan fingerprint density at radius 1 is 1.21 bits per heavy atom. The second kappa shape index (κ2) is 6.89. The highest BCUT2D eigenvalue weighted by Gasteiger charge is 2.40. The summed E-state index contributed by atoms with van der Waals surface area (Å²) in [4.78, 5) is 23.6. The molecular formula is C14H29N3O2. The van der Waals surface area contributed by atoms with Crippen LogP contribution in [0.5, 0.6) is 0 Å². The van der Waals surface area contributed by atoms with Gasteiger partial charge in [0.25, 0.3) is 0 Å². The highest BCUT2D eigenvalue weighted by Crippen LogP contribution is 2.28. The summed E-state index contributed by atoms with van der Waals surface area (Å²) in [6, 6.07) is 0.169. The van der Waals surface area contributed by atoms with Gasteiger partial charge in [0.1, 0.15) is 0 Å². The van der Waals surface area contributed by atoms with Crippen molar-refractivity contribution in [1.29, 1.82) is 0 Å². The smallest absolute Gasteiger partial charge is 0.227 e. The molecule has 0 aliphatic heterocycles. The minimum atomic E-state index is -0.680. The van der Waals surface area contributed by atoms with Crippen LogP contribution in [-0.4, -0.2) is 29.9 Å². The quantitative estimate of drug-likeness (QED) is 0.650. The highest BCUT2D eigenvalue weighted by molar-refractivity contribution is 5.84. The second-order valence-electron chi connectivity index (χ2n) is 6.23. The van der Waals surface area contributed by atoms with Gasteiger partial charge in [0.15, 0.2) is 0 Å². The van der Waals surface area contributed by atoms with Crippen molar-refractivity contribution in [2.75, 3.05) is 6.54 Å². The zero-order valence-corrected chi connectivity index (χ0v) is 13.1. The third-order valence-electron chi connectivity index (χ3n) is 3.84. The molecule has 0 fully saturated rings. The first-order chi connectivity index (χ1) is 8.52. The SMILES string of the molecule is CCC(C)NC(=O)CCNC(=O)C(C)(C)C(C)(C)N. The molecule has 0 bridgehead atoms. The summed E-state index contributed by atoms with van der Waals surface area (Å²) in [6.07, 6.45) is 1.18. The first-order valence-electron chi connectivity index (χ1n) is 6.89. The molecule has 0 aromatic carbocycles. The van der Waals surface area contributed by atoms with Gasteiger partial charge in [-0.05, 0) is 41.0 Å². The summed E-state index contributed by atoms with van der Waals surface area (Å²) in [5.41, 5.74) is 4.69. The third kappa shape index (κ3) is 5.59. The Hall–Kier alpha value is -1.10. The van der Waals surface area contributed by atoms with E-state index < -0.39 is 11.0 Å². The van der Waals surface area contributed by atoms with Crippen molar-refractivity contribution in [3.8, 4) is 0 Å². The van der Waals surface area contributed by atoms with E-state index in [2.05, 4.69) is 10.6 Å². The van der Waals surface area contributed by atoms with Gasteiger partial charge >= 0.3 is 0 Å². The van der Waals surface area contributed by atoms with Crippen molar-refractivity contribution in [3.05, 3.63) is 0 Å². The van der Waals surface area contributed by atoms with Crippen LogP contribution in [0.2, 0.25) is 0 Å². The lowest BCUT2D eigenvalue weighted by Gasteiger charge is -2.36. The predicted octanol–water partition coefficient (Wildman–Crippen LogP) is 1.17. The van der Waals surface area contributed by atoms with E-state index in [9.17, 15) is 9.59 Å². The van der Waals surface area contributed by atoms with E-state index in [1.54, 1.807) is 0 Å². The molecule has 5 heteroatoms. The fourth-order valence-electron chi connectivity index (χ4n) is 1.25. The molecule has 4 N–H and O–H groups in total. The fourth-order valence-corrected chi connectivity index (χ4v) is 1.25. The van der Waals surface area contributed by atoms with Gasteiger partial charge in [-0.2, -0.15) is 0 Å². The molecule has 0 aromatic rings. The number of nitrogens with two attached hydrogens (primary N) is 1. The Morgan fingerprint density at radius 2 is 1.74 bits per heavy atom. The topological polar surface area (TPSA) is 84.2 Å². The van der Waals surface area contributed by atoms with Crippen LogP contribution in [0.3, 0.4) is 0 Å². The zero-order valence-electron chi connectivity index (χ0n) is 13.1. The molecule has 0 heterocycles. The van der Waals surface area contributed by atoms with Gasteiger partial charge in [0, 0.05) is 24.5 Å². The van der Waals surface area contributed by atoms with Crippen LogP contribution >= 0.6 is 0 Å². The van der Waals surface area contributed by atoms with Gasteiger partial charge in [-0.15, -0.1) is 0 Å². The van der Waals surface area contributed by atoms with Crippen LogP contribution in [-0.2, 0) is 9.59 Å². The predicted molar refractivity (Wildman–Crippen MR) is 77.6 cm³/mol. The lowest BCUT2D eigenvalue weighted by Crippen LogP contribution is -2.55. The van der Waals surface area contributed by atoms with Crippen LogP contribution in [0.1, 0.15) is 54.4 Å². The summed E-state index contributed by atoms with van der Waals surface area (Å²) >= 11 is 0. The molecule has 0 radical (unpaired) electrons. The summed E-state index contributed by atoms with van der Waals surface area (Å²) in [5, 5.41) is 5.63. The Labute approximate surface area is 116 Å². The van der Waals surface area contributed by atoms with Gasteiger partial charge in [0.05, 0.1) is 5.41 Å². The van der Waals surface area contributed by atoms with Crippen molar-refractivity contribution >= 4 is 11.8 Å². The molecule has 0 aliphatic carbocycles. The van der Waals surface area contributed by atoms with Gasteiger partial charge in [-0.25, -0.2) is 0 Å². The van der Waals surface area contributed by atoms with Crippen LogP contribution in [0, 0.1) is 5.41 Å². The first-order valence-corrected chi connectivity index (χ1v) is 6.89. The maximum absolute atomic E-state index is 12.0. The van der Waals surface area contributed by atoms with Gasteiger partial charge in [-0.3, -0.25) is 9.59 Å². The number of carbonyl (C=O) groups is 2. The molecule has 5 nitrogen and oxygen atoms in total. The lowest BCUT2D eigenvalue weighted by atomic mass is 9.74. The van der Waals surface area contributed by atoms with Crippen molar-refractivity contribution in [2.45, 2.75) is 66.0 Å². The number of hydrogen-bond donors (Lipinski definition) is 3. The summed E-state index contributed by atoms with van der Waals surface area (Å²) < 4.78 is 0. The van der Waals surface area contributed by atoms with E-state index in [4.69, 9.17) is 5.73 Å². The zero-order chi connectivity index (χ0) is 15.3. The molecule has 112 valence electrons. The first kappa shape index (κ1) is 17.9. The second-order valence-corrected chi connectivity index (χ2v) is 6.23. The number of carbonyl (C=O) groups excluding carboxylic acids is 2. The van der Waals surface area contributed by atoms with Crippen LogP contribution < -0.4 is 16.4 Å². The molecule has 0 saturated heterocycles. The minimum Gasteiger partial charge on any atom is -0.355 e. The van der Waals surface area contributed by atoms with E-state index in [0.29, 0.717) is 6.54 Å². The number of nitrogens with one attached hydrogen (secondary N) is 2. The maximum atomic E-state index is 12.0. The Balaban J connectivity index is 4.16. The average molecular weight is 271 g/mol. The molecule has 0 saturated carbocycles. The molecule has 2 amide bonds. The van der Waals surface area contributed by atoms with Crippen molar-refractivity contribution in [1.82, 2.24) is 10.6 Å². The molecule has 1 unspecified atom stereocenters. The van der Waals surface area contributed by atoms with Crippen molar-refractivity contribution in [2.24, 2.45) is 11.1 Å². The van der Waals surface area contributed by atoms with E-state index in [0.717, 1.165) is 6.42 Å². The van der Waals surface area contributed by atoms with Gasteiger partial charge in [0.2, 0.25) is 11.8 Å². The average Bonchev–Trinajstić information content (AvgIpc) is 2.26. The van der Waals surface area contributed by atoms with E-state index >= 15 is 0 Å². The highest BCUT2D eigenvalue weighted by atomic mass is 16.2. The van der Waals surface area contributed by atoms with Crippen molar-refractivity contribution in [3.63, 3.8) is 0 Å². The normalized spacial score (nSPS) is 13.8. The molecule has 1 atom stereocenters. The molecular weight excluding hydrogens is 242 g/mol. The molecule has 0 aromatic heterocycles. The largest absolute Gasteiger partial charge is 0.355 e. The maximum Gasteiger partial charge on any atom is 0.227 e. The van der Waals surface area contributed by atoms with Gasteiger partial charge in [-0.1, -0.05) is 6.92 Å². The van der Waals surface area contributed by atoms with E-state index in [-0.39, 0.29) is 24.3 Å². The van der Waals surface area contributed by atoms with Crippen molar-refractivity contribution < 1.29 is 9.59 Å². The third-order valence-corrected chi connectivity index (χ3v) is 3.84. The van der Waals surface area contributed by atoms with Gasteiger partial charge < -0.3 is 16.4 Å². The van der Waals surface area contributed by atoms with Crippen LogP contribution in [0.4, 0.5) is 0 Å². The van der Waals surface area contributed by atoms with Crippen LogP contribution in [0.25, 0.3) is 0 Å². The molecule has 0 spiro atoms. The molecule has 19 heavy (non-hydrogen) atoms. The fraction of sp³-hybridized carbons (Fsp3) is 0.857. The standard InChI is InChI=1S/C14H29N3O2/c1-7-10(2)17-11(18)8-9-16-12(19)13(3,4)14(5,6)15/h10H,7-9,15H2,1-6H3,(H,16,19)(H,17,18). The lowest BCUT2D eigenvalue weighted by molar-refractivity contribution is -0.132. The Morgan fingerprint density at radius 3 is 2.16 bits per heavy atom. The number of amides is 2. The van der Waals surface area contributed by atoms with E-state index in [1.165, 1.54) is 0 Å². The summed E-state index contributed by atoms with van der Waals surface area (Å²) in [6.45, 7) is 11.6. The molecule has 0 aliphatic rings. The summed E-state index contributed by atoms with van der Waals surface area (Å²) in [7, 11) is 0. The van der Waals surface area contributed by atoms with Crippen LogP contribution in [0.15, 0.2) is 0 Å². The molecule has 0 rings (SSSR count). The summed E-state index contributed by atoms with van der Waals surface area (Å²) in [5.74, 6) is -0.171. The Bertz CT molecular complexity index is 319. The number of hydrogen-bond acceptors (Lipinski definition) is 3. The minimum absolute atomic E-state index is 0.0422. The monoisotopic (exact) mass is 271 g/mol. The number of rotatable bonds is 7. The van der Waals surface area contributed by atoms with E-state index in [1.807, 2.05) is 41.5 Å². The Kier molecular flexibility index (Phi) is 6.49.